The minimum Gasteiger partial charge on any atom is -0.481 e. The van der Waals surface area contributed by atoms with E-state index in [1.807, 2.05) is 0 Å². The van der Waals surface area contributed by atoms with Gasteiger partial charge >= 0.3 is 0 Å². The van der Waals surface area contributed by atoms with Crippen LogP contribution in [0.4, 0.5) is 0 Å². The molecule has 0 spiro atoms. The molecule has 22 heavy (non-hydrogen) atoms. The number of aliphatic imine (C=N–C) groups is 1. The Balaban J connectivity index is 1.99. The SMILES string of the molecule is CO/C(=C/CNC(=O)C(N=O)(C1CC1)C1CC1)N=C(Br)C=P. The molecular formula is C14H19BrN3O3P. The van der Waals surface area contributed by atoms with Gasteiger partial charge in [0.1, 0.15) is 4.62 Å². The zero-order chi connectivity index (χ0) is 16.2. The molecule has 0 aromatic heterocycles. The smallest absolute Gasteiger partial charge is 0.252 e. The Morgan fingerprint density at radius 1 is 1.41 bits per heavy atom. The molecule has 2 fully saturated rings. The molecule has 2 rings (SSSR count). The Kier molecular flexibility index (Phi) is 5.87. The van der Waals surface area contributed by atoms with Gasteiger partial charge in [0, 0.05) is 6.54 Å². The highest BCUT2D eigenvalue weighted by Gasteiger charge is 2.61. The predicted molar refractivity (Wildman–Crippen MR) is 92.8 cm³/mol. The van der Waals surface area contributed by atoms with E-state index in [9.17, 15) is 9.70 Å². The number of carbonyl (C=O) groups excluding carboxylic acids is 1. The number of hydrogen-bond acceptors (Lipinski definition) is 5. The Hall–Kier alpha value is -1.07. The molecule has 0 bridgehead atoms. The van der Waals surface area contributed by atoms with E-state index < -0.39 is 5.54 Å². The van der Waals surface area contributed by atoms with Gasteiger partial charge in [-0.25, -0.2) is 4.99 Å². The Bertz CT molecular complexity index is 515. The van der Waals surface area contributed by atoms with Crippen molar-refractivity contribution in [3.63, 3.8) is 0 Å². The molecule has 6 nitrogen and oxygen atoms in total. The molecule has 0 aromatic carbocycles. The van der Waals surface area contributed by atoms with Gasteiger partial charge in [0.05, 0.1) is 7.11 Å². The molecule has 0 radical (unpaired) electrons. The second-order valence-electron chi connectivity index (χ2n) is 5.50. The average molecular weight is 388 g/mol. The molecule has 0 aliphatic heterocycles. The van der Waals surface area contributed by atoms with Crippen LogP contribution in [0.2, 0.25) is 0 Å². The number of methoxy groups -OCH3 is 1. The molecule has 1 N–H and O–H groups in total. The van der Waals surface area contributed by atoms with Gasteiger partial charge in [-0.1, -0.05) is 5.18 Å². The van der Waals surface area contributed by atoms with Crippen LogP contribution in [-0.2, 0) is 9.53 Å². The summed E-state index contributed by atoms with van der Waals surface area (Å²) >= 11 is 3.22. The van der Waals surface area contributed by atoms with Gasteiger partial charge in [-0.15, -0.1) is 13.8 Å². The lowest BCUT2D eigenvalue weighted by Gasteiger charge is -2.24. The van der Waals surface area contributed by atoms with Gasteiger partial charge in [-0.3, -0.25) is 4.79 Å². The first-order chi connectivity index (χ1) is 10.6. The highest BCUT2D eigenvalue weighted by molar-refractivity contribution is 9.19. The summed E-state index contributed by atoms with van der Waals surface area (Å²) in [6, 6.07) is 0. The van der Waals surface area contributed by atoms with Crippen LogP contribution in [0.1, 0.15) is 25.7 Å². The molecule has 0 saturated heterocycles. The maximum Gasteiger partial charge on any atom is 0.252 e. The predicted octanol–water partition coefficient (Wildman–Crippen LogP) is 2.65. The summed E-state index contributed by atoms with van der Waals surface area (Å²) in [6.07, 6.45) is 5.28. The number of amides is 1. The molecule has 0 aromatic rings. The molecule has 2 aliphatic rings. The summed E-state index contributed by atoms with van der Waals surface area (Å²) in [6.45, 7) is 0.240. The highest BCUT2D eigenvalue weighted by atomic mass is 79.9. The first-order valence-corrected chi connectivity index (χ1v) is 8.57. The Labute approximate surface area is 140 Å². The molecule has 120 valence electrons. The summed E-state index contributed by atoms with van der Waals surface area (Å²) in [4.78, 5) is 28.0. The lowest BCUT2D eigenvalue weighted by Crippen LogP contribution is -2.48. The summed E-state index contributed by atoms with van der Waals surface area (Å²) in [7, 11) is 4.69. The minimum absolute atomic E-state index is 0.110. The number of nitroso groups, excluding NO2 is 1. The van der Waals surface area contributed by atoms with Crippen molar-refractivity contribution in [3.05, 3.63) is 16.9 Å². The third-order valence-corrected chi connectivity index (χ3v) is 5.10. The zero-order valence-corrected chi connectivity index (χ0v) is 14.9. The molecule has 0 atom stereocenters. The molecule has 2 saturated carbocycles. The maximum atomic E-state index is 12.5. The Morgan fingerprint density at radius 3 is 2.41 bits per heavy atom. The zero-order valence-electron chi connectivity index (χ0n) is 12.3. The van der Waals surface area contributed by atoms with Gasteiger partial charge in [-0.05, 0) is 65.3 Å². The number of rotatable bonds is 9. The fourth-order valence-electron chi connectivity index (χ4n) is 2.63. The lowest BCUT2D eigenvalue weighted by atomic mass is 9.87. The second kappa shape index (κ2) is 7.47. The lowest BCUT2D eigenvalue weighted by molar-refractivity contribution is -0.127. The molecule has 0 unspecified atom stereocenters. The van der Waals surface area contributed by atoms with Crippen LogP contribution < -0.4 is 5.32 Å². The monoisotopic (exact) mass is 387 g/mol. The second-order valence-corrected chi connectivity index (χ2v) is 6.60. The molecule has 8 heteroatoms. The topological polar surface area (TPSA) is 80.1 Å². The van der Waals surface area contributed by atoms with E-state index in [-0.39, 0.29) is 24.3 Å². The molecule has 2 aliphatic carbocycles. The van der Waals surface area contributed by atoms with E-state index in [0.717, 1.165) is 25.7 Å². The number of halogens is 1. The summed E-state index contributed by atoms with van der Waals surface area (Å²) in [5.74, 6) is 1.90. The van der Waals surface area contributed by atoms with Crippen molar-refractivity contribution in [1.82, 2.24) is 5.32 Å². The number of nitrogens with zero attached hydrogens (tertiary/aromatic N) is 2. The Morgan fingerprint density at radius 2 is 2.00 bits per heavy atom. The van der Waals surface area contributed by atoms with E-state index in [2.05, 4.69) is 40.3 Å². The maximum absolute atomic E-state index is 12.5. The average Bonchev–Trinajstić information content (AvgIpc) is 3.39. The van der Waals surface area contributed by atoms with Crippen molar-refractivity contribution in [1.29, 1.82) is 0 Å². The largest absolute Gasteiger partial charge is 0.481 e. The molecular weight excluding hydrogens is 369 g/mol. The van der Waals surface area contributed by atoms with Crippen molar-refractivity contribution in [2.45, 2.75) is 31.2 Å². The van der Waals surface area contributed by atoms with Crippen molar-refractivity contribution in [2.75, 3.05) is 13.7 Å². The van der Waals surface area contributed by atoms with E-state index in [0.29, 0.717) is 10.5 Å². The van der Waals surface area contributed by atoms with Gasteiger partial charge in [0.25, 0.3) is 5.91 Å². The number of ether oxygens (including phenoxy) is 1. The van der Waals surface area contributed by atoms with Crippen molar-refractivity contribution in [2.24, 2.45) is 22.0 Å². The van der Waals surface area contributed by atoms with Crippen LogP contribution in [0.5, 0.6) is 0 Å². The van der Waals surface area contributed by atoms with Crippen LogP contribution >= 0.6 is 24.8 Å². The van der Waals surface area contributed by atoms with Gasteiger partial charge < -0.3 is 10.1 Å². The third-order valence-electron chi connectivity index (χ3n) is 4.00. The quantitative estimate of drug-likeness (QED) is 0.286. The van der Waals surface area contributed by atoms with E-state index in [1.165, 1.54) is 7.11 Å². The summed E-state index contributed by atoms with van der Waals surface area (Å²) < 4.78 is 5.66. The first kappa shape index (κ1) is 17.3. The van der Waals surface area contributed by atoms with Crippen molar-refractivity contribution >= 4 is 41.1 Å². The third kappa shape index (κ3) is 3.82. The van der Waals surface area contributed by atoms with Crippen LogP contribution in [0.25, 0.3) is 0 Å². The normalized spacial score (nSPS) is 19.5. The molecule has 0 heterocycles. The molecule has 1 amide bonds. The van der Waals surface area contributed by atoms with Gasteiger partial charge in [-0.2, -0.15) is 0 Å². The summed E-state index contributed by atoms with van der Waals surface area (Å²) in [5, 5.41) is 6.04. The minimum atomic E-state index is -1.06. The van der Waals surface area contributed by atoms with Crippen LogP contribution in [-0.4, -0.2) is 35.5 Å². The summed E-state index contributed by atoms with van der Waals surface area (Å²) in [5.41, 5.74) is -1.06. The van der Waals surface area contributed by atoms with Crippen molar-refractivity contribution < 1.29 is 9.53 Å². The fraction of sp³-hybridized carbons (Fsp3) is 0.643. The number of hydrogen-bond donors (Lipinski definition) is 1. The van der Waals surface area contributed by atoms with Crippen LogP contribution in [0, 0.1) is 16.7 Å². The van der Waals surface area contributed by atoms with E-state index >= 15 is 0 Å². The van der Waals surface area contributed by atoms with Crippen LogP contribution in [0.3, 0.4) is 0 Å². The number of nitrogens with one attached hydrogen (secondary N) is 1. The van der Waals surface area contributed by atoms with Gasteiger partial charge in [0.2, 0.25) is 5.88 Å². The number of carbonyl (C=O) groups is 1. The standard InChI is InChI=1S/C14H19BrN3O3P/c1-21-12(17-11(15)8-22)6-7-16-13(19)14(18-20,9-2-3-9)10-4-5-10/h6,8-10,22H,2-5,7H2,1H3,(H,16,19)/b12-6+,17-11?. The van der Waals surface area contributed by atoms with Crippen molar-refractivity contribution in [3.8, 4) is 0 Å². The highest BCUT2D eigenvalue weighted by Crippen LogP contribution is 2.54. The van der Waals surface area contributed by atoms with E-state index in [1.54, 1.807) is 11.9 Å². The van der Waals surface area contributed by atoms with Crippen LogP contribution in [0.15, 0.2) is 22.1 Å². The van der Waals surface area contributed by atoms with Gasteiger partial charge in [0.15, 0.2) is 5.54 Å². The fourth-order valence-corrected chi connectivity index (χ4v) is 2.87. The van der Waals surface area contributed by atoms with E-state index in [4.69, 9.17) is 4.74 Å². The first-order valence-electron chi connectivity index (χ1n) is 7.20.